The molecule has 3 rings (SSSR count). The zero-order chi connectivity index (χ0) is 19.8. The molecule has 0 atom stereocenters. The molecule has 1 aromatic carbocycles. The Bertz CT molecular complexity index is 779. The minimum Gasteiger partial charge on any atom is -0.378 e. The van der Waals surface area contributed by atoms with E-state index in [1.807, 2.05) is 10.6 Å². The van der Waals surface area contributed by atoms with Crippen LogP contribution in [0.3, 0.4) is 0 Å². The average Bonchev–Trinajstić information content (AvgIpc) is 3.14. The number of anilines is 1. The van der Waals surface area contributed by atoms with Crippen LogP contribution in [-0.4, -0.2) is 59.3 Å². The summed E-state index contributed by atoms with van der Waals surface area (Å²) in [5.74, 6) is 0.509. The van der Waals surface area contributed by atoms with Crippen molar-refractivity contribution in [1.29, 1.82) is 0 Å². The minimum atomic E-state index is -0.330. The number of halogens is 1. The molecule has 1 fully saturated rings. The Kier molecular flexibility index (Phi) is 7.67. The number of nitrogens with zero attached hydrogens (tertiary/aromatic N) is 4. The molecular weight excluding hydrogens is 381 g/mol. The smallest absolute Gasteiger partial charge is 0.232 e. The Hall–Kier alpha value is -2.13. The van der Waals surface area contributed by atoms with Gasteiger partial charge in [0.1, 0.15) is 5.82 Å². The molecule has 1 aliphatic heterocycles. The Morgan fingerprint density at radius 1 is 1.29 bits per heavy atom. The fourth-order valence-corrected chi connectivity index (χ4v) is 3.73. The Balaban J connectivity index is 1.75. The number of nitrogens with one attached hydrogen (secondary N) is 1. The molecular formula is C19H26FN5O2S. The van der Waals surface area contributed by atoms with Crippen molar-refractivity contribution in [2.45, 2.75) is 31.3 Å². The highest BCUT2D eigenvalue weighted by Gasteiger charge is 2.22. The van der Waals surface area contributed by atoms with Gasteiger partial charge in [0.2, 0.25) is 11.9 Å². The molecule has 0 radical (unpaired) electrons. The van der Waals surface area contributed by atoms with Crippen LogP contribution in [0.5, 0.6) is 0 Å². The first-order valence-electron chi connectivity index (χ1n) is 9.62. The van der Waals surface area contributed by atoms with Crippen LogP contribution in [0, 0.1) is 5.82 Å². The van der Waals surface area contributed by atoms with Crippen molar-refractivity contribution in [1.82, 2.24) is 20.1 Å². The van der Waals surface area contributed by atoms with E-state index in [4.69, 9.17) is 4.74 Å². The third-order valence-electron chi connectivity index (χ3n) is 4.41. The first-order valence-corrected chi connectivity index (χ1v) is 10.6. The number of ether oxygens (including phenoxy) is 1. The van der Waals surface area contributed by atoms with Crippen LogP contribution in [-0.2, 0) is 9.53 Å². The number of benzene rings is 1. The van der Waals surface area contributed by atoms with E-state index in [-0.39, 0.29) is 17.5 Å². The molecule has 0 saturated carbocycles. The van der Waals surface area contributed by atoms with E-state index in [9.17, 15) is 9.18 Å². The fraction of sp³-hybridized carbons (Fsp3) is 0.526. The van der Waals surface area contributed by atoms with Crippen LogP contribution in [0.4, 0.5) is 10.3 Å². The van der Waals surface area contributed by atoms with E-state index in [1.165, 1.54) is 23.9 Å². The maximum absolute atomic E-state index is 13.8. The highest BCUT2D eigenvalue weighted by atomic mass is 32.2. The lowest BCUT2D eigenvalue weighted by atomic mass is 10.2. The van der Waals surface area contributed by atoms with Crippen molar-refractivity contribution in [2.75, 3.05) is 43.5 Å². The Labute approximate surface area is 168 Å². The zero-order valence-electron chi connectivity index (χ0n) is 16.1. The molecule has 28 heavy (non-hydrogen) atoms. The van der Waals surface area contributed by atoms with Gasteiger partial charge in [0.25, 0.3) is 0 Å². The van der Waals surface area contributed by atoms with E-state index in [0.717, 1.165) is 19.3 Å². The van der Waals surface area contributed by atoms with Gasteiger partial charge >= 0.3 is 0 Å². The molecule has 0 aliphatic carbocycles. The Morgan fingerprint density at radius 3 is 2.86 bits per heavy atom. The van der Waals surface area contributed by atoms with E-state index in [0.29, 0.717) is 49.6 Å². The van der Waals surface area contributed by atoms with Crippen LogP contribution in [0.2, 0.25) is 0 Å². The van der Waals surface area contributed by atoms with Crippen molar-refractivity contribution in [3.63, 3.8) is 0 Å². The summed E-state index contributed by atoms with van der Waals surface area (Å²) in [6.07, 6.45) is 3.20. The lowest BCUT2D eigenvalue weighted by molar-refractivity contribution is -0.118. The van der Waals surface area contributed by atoms with Gasteiger partial charge in [-0.3, -0.25) is 9.36 Å². The van der Waals surface area contributed by atoms with Crippen LogP contribution in [0.1, 0.15) is 26.2 Å². The van der Waals surface area contributed by atoms with Gasteiger partial charge in [-0.15, -0.1) is 10.2 Å². The summed E-state index contributed by atoms with van der Waals surface area (Å²) in [6, 6.07) is 6.31. The minimum absolute atomic E-state index is 0.0391. The highest BCUT2D eigenvalue weighted by molar-refractivity contribution is 7.99. The summed E-state index contributed by atoms with van der Waals surface area (Å²) in [6.45, 7) is 5.41. The highest BCUT2D eigenvalue weighted by Crippen LogP contribution is 2.27. The lowest BCUT2D eigenvalue weighted by Gasteiger charge is -2.27. The molecule has 1 aromatic heterocycles. The third-order valence-corrected chi connectivity index (χ3v) is 5.34. The first kappa shape index (κ1) is 20.6. The second kappa shape index (κ2) is 10.4. The molecule has 0 spiro atoms. The molecule has 2 aromatic rings. The van der Waals surface area contributed by atoms with Gasteiger partial charge in [0, 0.05) is 19.6 Å². The van der Waals surface area contributed by atoms with Crippen molar-refractivity contribution >= 4 is 23.6 Å². The van der Waals surface area contributed by atoms with Gasteiger partial charge in [-0.1, -0.05) is 37.6 Å². The molecule has 1 aliphatic rings. The quantitative estimate of drug-likeness (QED) is 0.509. The molecule has 9 heteroatoms. The molecule has 152 valence electrons. The number of carbonyl (C=O) groups is 1. The van der Waals surface area contributed by atoms with E-state index in [2.05, 4.69) is 27.3 Å². The van der Waals surface area contributed by atoms with Crippen molar-refractivity contribution in [3.05, 3.63) is 30.1 Å². The molecule has 0 unspecified atom stereocenters. The fourth-order valence-electron chi connectivity index (χ4n) is 2.95. The normalized spacial score (nSPS) is 14.3. The monoisotopic (exact) mass is 407 g/mol. The molecule has 0 bridgehead atoms. The topological polar surface area (TPSA) is 72.3 Å². The number of hydrogen-bond donors (Lipinski definition) is 1. The zero-order valence-corrected chi connectivity index (χ0v) is 16.9. The number of unbranched alkanes of at least 4 members (excludes halogenated alkanes) is 2. The third kappa shape index (κ3) is 5.45. The largest absolute Gasteiger partial charge is 0.378 e. The predicted molar refractivity (Wildman–Crippen MR) is 108 cm³/mol. The lowest BCUT2D eigenvalue weighted by Crippen LogP contribution is -2.37. The van der Waals surface area contributed by atoms with Gasteiger partial charge in [0.05, 0.1) is 24.7 Å². The van der Waals surface area contributed by atoms with Crippen LogP contribution < -0.4 is 10.2 Å². The number of amides is 1. The van der Waals surface area contributed by atoms with Gasteiger partial charge < -0.3 is 15.0 Å². The van der Waals surface area contributed by atoms with E-state index in [1.54, 1.807) is 6.07 Å². The molecule has 1 N–H and O–H groups in total. The Morgan fingerprint density at radius 2 is 2.11 bits per heavy atom. The van der Waals surface area contributed by atoms with Crippen LogP contribution in [0.25, 0.3) is 5.69 Å². The molecule has 1 amide bonds. The van der Waals surface area contributed by atoms with E-state index >= 15 is 0 Å². The number of thioether (sulfide) groups is 1. The maximum atomic E-state index is 13.8. The summed E-state index contributed by atoms with van der Waals surface area (Å²) in [4.78, 5) is 14.2. The van der Waals surface area contributed by atoms with Crippen molar-refractivity contribution in [3.8, 4) is 5.69 Å². The van der Waals surface area contributed by atoms with Crippen LogP contribution in [0.15, 0.2) is 29.4 Å². The number of carbonyl (C=O) groups excluding carboxylic acids is 1. The second-order valence-electron chi connectivity index (χ2n) is 6.54. The molecule has 1 saturated heterocycles. The first-order chi connectivity index (χ1) is 13.7. The van der Waals surface area contributed by atoms with Gasteiger partial charge in [-0.05, 0) is 24.6 Å². The van der Waals surface area contributed by atoms with Gasteiger partial charge in [-0.2, -0.15) is 0 Å². The standard InChI is InChI=1S/C19H26FN5O2S/c1-2-3-4-8-21-17(26)14-28-19-23-22-18(24-9-11-27-12-10-24)25(19)16-7-5-6-15(20)13-16/h5-7,13H,2-4,8-12,14H2,1H3,(H,21,26). The van der Waals surface area contributed by atoms with E-state index < -0.39 is 0 Å². The average molecular weight is 408 g/mol. The van der Waals surface area contributed by atoms with Crippen molar-refractivity contribution in [2.24, 2.45) is 0 Å². The number of aromatic nitrogens is 3. The summed E-state index contributed by atoms with van der Waals surface area (Å²) in [7, 11) is 0. The predicted octanol–water partition coefficient (Wildman–Crippen LogP) is 2.64. The van der Waals surface area contributed by atoms with Crippen LogP contribution >= 0.6 is 11.8 Å². The second-order valence-corrected chi connectivity index (χ2v) is 7.49. The molecule has 7 nitrogen and oxygen atoms in total. The summed E-state index contributed by atoms with van der Waals surface area (Å²) in [5, 5.41) is 12.1. The molecule has 2 heterocycles. The summed E-state index contributed by atoms with van der Waals surface area (Å²) < 4.78 is 21.0. The van der Waals surface area contributed by atoms with Gasteiger partial charge in [0.15, 0.2) is 5.16 Å². The van der Waals surface area contributed by atoms with Crippen molar-refractivity contribution < 1.29 is 13.9 Å². The number of rotatable bonds is 9. The SMILES string of the molecule is CCCCCNC(=O)CSc1nnc(N2CCOCC2)n1-c1cccc(F)c1. The van der Waals surface area contributed by atoms with Gasteiger partial charge in [-0.25, -0.2) is 4.39 Å². The summed E-state index contributed by atoms with van der Waals surface area (Å²) >= 11 is 1.30. The number of hydrogen-bond acceptors (Lipinski definition) is 6. The number of morpholine rings is 1. The summed E-state index contributed by atoms with van der Waals surface area (Å²) in [5.41, 5.74) is 0.636. The maximum Gasteiger partial charge on any atom is 0.232 e.